The average Bonchev–Trinajstić information content (AvgIpc) is 3.04. The highest BCUT2D eigenvalue weighted by molar-refractivity contribution is 5.80. The van der Waals surface area contributed by atoms with Gasteiger partial charge in [-0.2, -0.15) is 4.73 Å². The molecule has 1 atom stereocenters. The molecule has 25 heavy (non-hydrogen) atoms. The number of halogens is 1. The SMILES string of the molecule is [O-][n+]1cccc2cc(N3CCC(F)(C#Cc4ccccn4)C3)ccc21. The van der Waals surface area contributed by atoms with Crippen molar-refractivity contribution in [3.05, 3.63) is 71.8 Å². The molecule has 3 aromatic rings. The van der Waals surface area contributed by atoms with Gasteiger partial charge in [0, 0.05) is 42.4 Å². The maximum absolute atomic E-state index is 15.0. The molecule has 0 saturated carbocycles. The molecule has 0 bridgehead atoms. The summed E-state index contributed by atoms with van der Waals surface area (Å²) in [5.41, 5.74) is 0.523. The van der Waals surface area contributed by atoms with E-state index < -0.39 is 5.67 Å². The Hall–Kier alpha value is -3.13. The molecule has 0 radical (unpaired) electrons. The second-order valence-corrected chi connectivity index (χ2v) is 6.18. The van der Waals surface area contributed by atoms with Gasteiger partial charge in [0.05, 0.1) is 6.54 Å². The lowest BCUT2D eigenvalue weighted by molar-refractivity contribution is -0.577. The van der Waals surface area contributed by atoms with E-state index in [0.717, 1.165) is 15.8 Å². The van der Waals surface area contributed by atoms with E-state index in [4.69, 9.17) is 0 Å². The van der Waals surface area contributed by atoms with Gasteiger partial charge in [0.2, 0.25) is 5.52 Å². The molecule has 1 unspecified atom stereocenters. The molecule has 1 saturated heterocycles. The van der Waals surface area contributed by atoms with Crippen molar-refractivity contribution in [2.75, 3.05) is 18.0 Å². The van der Waals surface area contributed by atoms with Crippen molar-refractivity contribution in [3.8, 4) is 11.8 Å². The summed E-state index contributed by atoms with van der Waals surface area (Å²) in [6.07, 6.45) is 3.46. The van der Waals surface area contributed by atoms with Crippen LogP contribution in [0.1, 0.15) is 12.1 Å². The van der Waals surface area contributed by atoms with Gasteiger partial charge in [-0.25, -0.2) is 9.37 Å². The van der Waals surface area contributed by atoms with E-state index in [1.165, 1.54) is 6.20 Å². The third-order valence-electron chi connectivity index (χ3n) is 4.41. The van der Waals surface area contributed by atoms with Crippen LogP contribution in [-0.2, 0) is 0 Å². The first-order valence-electron chi connectivity index (χ1n) is 8.13. The van der Waals surface area contributed by atoms with E-state index >= 15 is 4.39 Å². The standard InChI is InChI=1S/C20H16FN3O/c21-20(9-8-17-5-1-2-11-22-17)10-13-23(15-20)18-6-7-19-16(14-18)4-3-12-24(19)25/h1-7,11-12,14H,10,13,15H2. The molecule has 4 rings (SSSR count). The van der Waals surface area contributed by atoms with Gasteiger partial charge in [-0.3, -0.25) is 0 Å². The molecule has 4 nitrogen and oxygen atoms in total. The van der Waals surface area contributed by atoms with Crippen molar-refractivity contribution in [2.24, 2.45) is 0 Å². The molecule has 3 heterocycles. The van der Waals surface area contributed by atoms with Gasteiger partial charge in [-0.05, 0) is 36.3 Å². The summed E-state index contributed by atoms with van der Waals surface area (Å²) in [6.45, 7) is 0.797. The minimum Gasteiger partial charge on any atom is -0.618 e. The summed E-state index contributed by atoms with van der Waals surface area (Å²) in [7, 11) is 0. The van der Waals surface area contributed by atoms with E-state index in [2.05, 4.69) is 16.8 Å². The molecule has 1 aliphatic heterocycles. The minimum absolute atomic E-state index is 0.211. The third-order valence-corrected chi connectivity index (χ3v) is 4.41. The summed E-state index contributed by atoms with van der Waals surface area (Å²) in [5.74, 6) is 5.57. The number of anilines is 1. The van der Waals surface area contributed by atoms with Gasteiger partial charge in [0.25, 0.3) is 0 Å². The van der Waals surface area contributed by atoms with E-state index in [1.54, 1.807) is 30.5 Å². The van der Waals surface area contributed by atoms with Crippen LogP contribution in [-0.4, -0.2) is 23.7 Å². The molecule has 2 aromatic heterocycles. The number of hydrogen-bond donors (Lipinski definition) is 0. The monoisotopic (exact) mass is 333 g/mol. The van der Waals surface area contributed by atoms with Gasteiger partial charge in [-0.15, -0.1) is 0 Å². The maximum atomic E-state index is 15.0. The average molecular weight is 333 g/mol. The van der Waals surface area contributed by atoms with E-state index in [-0.39, 0.29) is 6.54 Å². The fourth-order valence-corrected chi connectivity index (χ4v) is 3.09. The highest BCUT2D eigenvalue weighted by atomic mass is 19.1. The Kier molecular flexibility index (Phi) is 3.73. The second kappa shape index (κ2) is 6.06. The molecular formula is C20H16FN3O. The highest BCUT2D eigenvalue weighted by Gasteiger charge is 2.37. The number of alkyl halides is 1. The van der Waals surface area contributed by atoms with Gasteiger partial charge in [-0.1, -0.05) is 12.0 Å². The summed E-state index contributed by atoms with van der Waals surface area (Å²) in [4.78, 5) is 6.07. The Morgan fingerprint density at radius 2 is 2.12 bits per heavy atom. The lowest BCUT2D eigenvalue weighted by atomic mass is 10.1. The number of aromatic nitrogens is 2. The van der Waals surface area contributed by atoms with Crippen molar-refractivity contribution < 1.29 is 9.12 Å². The van der Waals surface area contributed by atoms with E-state index in [1.807, 2.05) is 29.2 Å². The quantitative estimate of drug-likeness (QED) is 0.391. The Labute approximate surface area is 145 Å². The first-order valence-corrected chi connectivity index (χ1v) is 8.13. The summed E-state index contributed by atoms with van der Waals surface area (Å²) in [5, 5.41) is 12.6. The fraction of sp³-hybridized carbons (Fsp3) is 0.200. The zero-order chi connectivity index (χ0) is 17.3. The van der Waals surface area contributed by atoms with Crippen LogP contribution < -0.4 is 9.63 Å². The molecular weight excluding hydrogens is 317 g/mol. The fourth-order valence-electron chi connectivity index (χ4n) is 3.09. The molecule has 1 fully saturated rings. The first kappa shape index (κ1) is 15.4. The predicted molar refractivity (Wildman–Crippen MR) is 94.7 cm³/mol. The number of benzene rings is 1. The van der Waals surface area contributed by atoms with E-state index in [9.17, 15) is 5.21 Å². The molecule has 0 aliphatic carbocycles. The number of nitrogens with zero attached hydrogens (tertiary/aromatic N) is 3. The normalized spacial score (nSPS) is 19.6. The summed E-state index contributed by atoms with van der Waals surface area (Å²) in [6, 6.07) is 14.5. The molecule has 0 amide bonds. The van der Waals surface area contributed by atoms with Crippen molar-refractivity contribution in [1.29, 1.82) is 0 Å². The zero-order valence-electron chi connectivity index (χ0n) is 13.5. The number of fused-ring (bicyclic) bond motifs is 1. The molecule has 1 aliphatic rings. The van der Waals surface area contributed by atoms with Crippen LogP contribution >= 0.6 is 0 Å². The van der Waals surface area contributed by atoms with Crippen LogP contribution in [0.2, 0.25) is 0 Å². The second-order valence-electron chi connectivity index (χ2n) is 6.18. The Balaban J connectivity index is 1.57. The zero-order valence-corrected chi connectivity index (χ0v) is 13.5. The molecule has 0 N–H and O–H groups in total. The minimum atomic E-state index is -1.55. The number of hydrogen-bond acceptors (Lipinski definition) is 3. The largest absolute Gasteiger partial charge is 0.618 e. The predicted octanol–water partition coefficient (Wildman–Crippen LogP) is 2.84. The summed E-state index contributed by atoms with van der Waals surface area (Å²) < 4.78 is 15.8. The first-order chi connectivity index (χ1) is 12.1. The Morgan fingerprint density at radius 3 is 2.96 bits per heavy atom. The van der Waals surface area contributed by atoms with Gasteiger partial charge in [0.15, 0.2) is 11.9 Å². The van der Waals surface area contributed by atoms with E-state index in [0.29, 0.717) is 24.2 Å². The van der Waals surface area contributed by atoms with Crippen LogP contribution in [0.25, 0.3) is 10.9 Å². The topological polar surface area (TPSA) is 43.1 Å². The lowest BCUT2D eigenvalue weighted by Crippen LogP contribution is -2.28. The molecule has 124 valence electrons. The number of rotatable bonds is 1. The van der Waals surface area contributed by atoms with Gasteiger partial charge in [0.1, 0.15) is 5.69 Å². The van der Waals surface area contributed by atoms with Crippen molar-refractivity contribution >= 4 is 16.6 Å². The Morgan fingerprint density at radius 1 is 1.20 bits per heavy atom. The smallest absolute Gasteiger partial charge is 0.223 e. The summed E-state index contributed by atoms with van der Waals surface area (Å²) >= 11 is 0. The maximum Gasteiger partial charge on any atom is 0.223 e. The van der Waals surface area contributed by atoms with Crippen molar-refractivity contribution in [3.63, 3.8) is 0 Å². The van der Waals surface area contributed by atoms with Crippen LogP contribution in [0.3, 0.4) is 0 Å². The molecule has 1 aromatic carbocycles. The lowest BCUT2D eigenvalue weighted by Gasteiger charge is -2.19. The molecule has 5 heteroatoms. The third kappa shape index (κ3) is 3.11. The Bertz CT molecular complexity index is 980. The van der Waals surface area contributed by atoms with Gasteiger partial charge < -0.3 is 10.1 Å². The molecule has 0 spiro atoms. The van der Waals surface area contributed by atoms with Crippen molar-refractivity contribution in [2.45, 2.75) is 12.1 Å². The van der Waals surface area contributed by atoms with Crippen molar-refractivity contribution in [1.82, 2.24) is 4.98 Å². The van der Waals surface area contributed by atoms with Gasteiger partial charge >= 0.3 is 0 Å². The van der Waals surface area contributed by atoms with Crippen LogP contribution in [0.15, 0.2) is 60.9 Å². The van der Waals surface area contributed by atoms with Crippen LogP contribution in [0.4, 0.5) is 10.1 Å². The number of pyridine rings is 2. The van der Waals surface area contributed by atoms with Crippen LogP contribution in [0, 0.1) is 17.0 Å². The van der Waals surface area contributed by atoms with Crippen LogP contribution in [0.5, 0.6) is 0 Å². The highest BCUT2D eigenvalue weighted by Crippen LogP contribution is 2.30.